The summed E-state index contributed by atoms with van der Waals surface area (Å²) < 4.78 is 5.40. The van der Waals surface area contributed by atoms with E-state index >= 15 is 0 Å². The highest BCUT2D eigenvalue weighted by molar-refractivity contribution is 4.95. The molecule has 80 valence electrons. The molecule has 0 aromatic rings. The minimum atomic E-state index is 0.821. The van der Waals surface area contributed by atoms with Crippen molar-refractivity contribution in [2.75, 3.05) is 26.3 Å². The van der Waals surface area contributed by atoms with Crippen LogP contribution in [-0.4, -0.2) is 49.3 Å². The molecule has 1 N–H and O–H groups in total. The lowest BCUT2D eigenvalue weighted by atomic mass is 9.98. The topological polar surface area (TPSA) is 24.5 Å². The van der Waals surface area contributed by atoms with Crippen molar-refractivity contribution in [2.24, 2.45) is 0 Å². The van der Waals surface area contributed by atoms with Gasteiger partial charge in [0.1, 0.15) is 0 Å². The molecule has 3 heteroatoms. The van der Waals surface area contributed by atoms with Crippen LogP contribution in [0.5, 0.6) is 0 Å². The van der Waals surface area contributed by atoms with Crippen molar-refractivity contribution in [3.63, 3.8) is 0 Å². The molecule has 3 rings (SSSR count). The van der Waals surface area contributed by atoms with Crippen molar-refractivity contribution in [3.8, 4) is 0 Å². The zero-order valence-corrected chi connectivity index (χ0v) is 8.74. The smallest absolute Gasteiger partial charge is 0.0594 e. The quantitative estimate of drug-likeness (QED) is 0.665. The van der Waals surface area contributed by atoms with Crippen molar-refractivity contribution in [1.82, 2.24) is 10.2 Å². The zero-order chi connectivity index (χ0) is 9.38. The molecular weight excluding hydrogens is 176 g/mol. The van der Waals surface area contributed by atoms with Crippen LogP contribution in [-0.2, 0) is 4.74 Å². The minimum absolute atomic E-state index is 0.821. The van der Waals surface area contributed by atoms with E-state index in [1.165, 1.54) is 25.7 Å². The summed E-state index contributed by atoms with van der Waals surface area (Å²) in [5, 5.41) is 3.70. The number of fused-ring (bicyclic) bond motifs is 2. The average Bonchev–Trinajstić information content (AvgIpc) is 2.59. The molecule has 3 heterocycles. The van der Waals surface area contributed by atoms with Gasteiger partial charge in [-0.1, -0.05) is 0 Å². The number of morpholine rings is 1. The zero-order valence-electron chi connectivity index (χ0n) is 8.74. The molecule has 3 fully saturated rings. The molecule has 0 saturated carbocycles. The van der Waals surface area contributed by atoms with E-state index in [9.17, 15) is 0 Å². The highest BCUT2D eigenvalue weighted by Crippen LogP contribution is 2.29. The van der Waals surface area contributed by atoms with Crippen molar-refractivity contribution in [3.05, 3.63) is 0 Å². The molecule has 2 atom stereocenters. The normalized spacial score (nSPS) is 44.1. The average molecular weight is 196 g/mol. The van der Waals surface area contributed by atoms with Gasteiger partial charge in [-0.3, -0.25) is 4.90 Å². The first-order chi connectivity index (χ1) is 6.92. The highest BCUT2D eigenvalue weighted by atomic mass is 16.5. The lowest BCUT2D eigenvalue weighted by Crippen LogP contribution is -2.51. The second-order valence-electron chi connectivity index (χ2n) is 4.91. The van der Waals surface area contributed by atoms with Gasteiger partial charge in [0.25, 0.3) is 0 Å². The molecule has 3 nitrogen and oxygen atoms in total. The molecule has 3 aliphatic rings. The first-order valence-electron chi connectivity index (χ1n) is 5.99. The van der Waals surface area contributed by atoms with Gasteiger partial charge in [0, 0.05) is 31.2 Å². The Labute approximate surface area is 85.8 Å². The third-order valence-corrected chi connectivity index (χ3v) is 4.01. The molecule has 3 saturated heterocycles. The Morgan fingerprint density at radius 3 is 2.29 bits per heavy atom. The monoisotopic (exact) mass is 196 g/mol. The number of rotatable bonds is 1. The van der Waals surface area contributed by atoms with Crippen LogP contribution in [0.1, 0.15) is 25.7 Å². The second kappa shape index (κ2) is 3.80. The van der Waals surface area contributed by atoms with Crippen molar-refractivity contribution in [2.45, 2.75) is 43.8 Å². The summed E-state index contributed by atoms with van der Waals surface area (Å²) in [7, 11) is 0. The molecule has 0 amide bonds. The van der Waals surface area contributed by atoms with Crippen molar-refractivity contribution in [1.29, 1.82) is 0 Å². The minimum Gasteiger partial charge on any atom is -0.379 e. The Bertz CT molecular complexity index is 191. The molecule has 2 bridgehead atoms. The number of ether oxygens (including phenoxy) is 1. The maximum atomic E-state index is 5.40. The highest BCUT2D eigenvalue weighted by Gasteiger charge is 2.36. The Kier molecular flexibility index (Phi) is 2.48. The molecule has 0 aromatic heterocycles. The SMILES string of the molecule is C1CN(C2C[C@@H]3CC[C@@H](C2)N3)CCO1. The molecule has 0 radical (unpaired) electrons. The van der Waals surface area contributed by atoms with E-state index in [-0.39, 0.29) is 0 Å². The van der Waals surface area contributed by atoms with E-state index < -0.39 is 0 Å². The van der Waals surface area contributed by atoms with Crippen LogP contribution in [0.4, 0.5) is 0 Å². The van der Waals surface area contributed by atoms with Crippen molar-refractivity contribution < 1.29 is 4.74 Å². The van der Waals surface area contributed by atoms with Gasteiger partial charge in [-0.05, 0) is 25.7 Å². The number of piperidine rings is 1. The van der Waals surface area contributed by atoms with Crippen LogP contribution in [0, 0.1) is 0 Å². The van der Waals surface area contributed by atoms with Crippen LogP contribution in [0.25, 0.3) is 0 Å². The lowest BCUT2D eigenvalue weighted by Gasteiger charge is -2.39. The van der Waals surface area contributed by atoms with Crippen LogP contribution < -0.4 is 5.32 Å². The molecule has 3 aliphatic heterocycles. The summed E-state index contributed by atoms with van der Waals surface area (Å²) in [6.45, 7) is 4.20. The van der Waals surface area contributed by atoms with Gasteiger partial charge >= 0.3 is 0 Å². The maximum Gasteiger partial charge on any atom is 0.0594 e. The van der Waals surface area contributed by atoms with Crippen molar-refractivity contribution >= 4 is 0 Å². The Balaban J connectivity index is 1.61. The summed E-state index contributed by atoms with van der Waals surface area (Å²) in [5.74, 6) is 0. The van der Waals surface area contributed by atoms with Gasteiger partial charge in [0.2, 0.25) is 0 Å². The predicted octanol–water partition coefficient (Wildman–Crippen LogP) is 0.602. The van der Waals surface area contributed by atoms with Gasteiger partial charge in [0.15, 0.2) is 0 Å². The summed E-state index contributed by atoms with van der Waals surface area (Å²) in [5.41, 5.74) is 0. The van der Waals surface area contributed by atoms with Gasteiger partial charge in [0.05, 0.1) is 13.2 Å². The van der Waals surface area contributed by atoms with Gasteiger partial charge in [-0.25, -0.2) is 0 Å². The van der Waals surface area contributed by atoms with Crippen LogP contribution in [0.15, 0.2) is 0 Å². The van der Waals surface area contributed by atoms with E-state index in [0.717, 1.165) is 44.4 Å². The summed E-state index contributed by atoms with van der Waals surface area (Å²) in [6.07, 6.45) is 5.56. The Hall–Kier alpha value is -0.120. The molecule has 14 heavy (non-hydrogen) atoms. The van der Waals surface area contributed by atoms with E-state index in [2.05, 4.69) is 10.2 Å². The molecule has 0 unspecified atom stereocenters. The third kappa shape index (κ3) is 1.69. The molecule has 0 spiro atoms. The van der Waals surface area contributed by atoms with E-state index in [0.29, 0.717) is 0 Å². The van der Waals surface area contributed by atoms with E-state index in [1.807, 2.05) is 0 Å². The molecular formula is C11H20N2O. The standard InChI is InChI=1S/C11H20N2O/c1-2-10-8-11(7-9(1)12-10)13-3-5-14-6-4-13/h9-12H,1-8H2/t9-,10-/m0/s1. The fourth-order valence-corrected chi connectivity index (χ4v) is 3.27. The third-order valence-electron chi connectivity index (χ3n) is 4.01. The summed E-state index contributed by atoms with van der Waals surface area (Å²) in [6, 6.07) is 2.49. The molecule has 0 aromatic carbocycles. The van der Waals surface area contributed by atoms with E-state index in [4.69, 9.17) is 4.74 Å². The second-order valence-corrected chi connectivity index (χ2v) is 4.91. The first kappa shape index (κ1) is 9.13. The van der Waals surface area contributed by atoms with Crippen LogP contribution in [0.3, 0.4) is 0 Å². The summed E-state index contributed by atoms with van der Waals surface area (Å²) in [4.78, 5) is 2.65. The van der Waals surface area contributed by atoms with Crippen LogP contribution >= 0.6 is 0 Å². The number of nitrogens with zero attached hydrogens (tertiary/aromatic N) is 1. The number of hydrogen-bond acceptors (Lipinski definition) is 3. The first-order valence-corrected chi connectivity index (χ1v) is 5.99. The number of hydrogen-bond donors (Lipinski definition) is 1. The van der Waals surface area contributed by atoms with Gasteiger partial charge in [-0.15, -0.1) is 0 Å². The number of nitrogens with one attached hydrogen (secondary N) is 1. The van der Waals surface area contributed by atoms with E-state index in [1.54, 1.807) is 0 Å². The van der Waals surface area contributed by atoms with Gasteiger partial charge < -0.3 is 10.1 Å². The largest absolute Gasteiger partial charge is 0.379 e. The lowest BCUT2D eigenvalue weighted by molar-refractivity contribution is 0.00568. The predicted molar refractivity (Wildman–Crippen MR) is 55.4 cm³/mol. The maximum absolute atomic E-state index is 5.40. The fraction of sp³-hybridized carbons (Fsp3) is 1.00. The van der Waals surface area contributed by atoms with Crippen LogP contribution in [0.2, 0.25) is 0 Å². The summed E-state index contributed by atoms with van der Waals surface area (Å²) >= 11 is 0. The Morgan fingerprint density at radius 2 is 1.64 bits per heavy atom. The molecule has 0 aliphatic carbocycles. The fourth-order valence-electron chi connectivity index (χ4n) is 3.27. The Morgan fingerprint density at radius 1 is 1.00 bits per heavy atom. The van der Waals surface area contributed by atoms with Gasteiger partial charge in [-0.2, -0.15) is 0 Å².